The van der Waals surface area contributed by atoms with Gasteiger partial charge in [-0.15, -0.1) is 0 Å². The summed E-state index contributed by atoms with van der Waals surface area (Å²) in [7, 11) is -1.35. The highest BCUT2D eigenvalue weighted by Crippen LogP contribution is 2.25. The minimum Gasteiger partial charge on any atom is -0.423 e. The minimum atomic E-state index is -1.35. The van der Waals surface area contributed by atoms with Crippen molar-refractivity contribution in [2.24, 2.45) is 0 Å². The minimum absolute atomic E-state index is 0.533. The first kappa shape index (κ1) is 45.2. The Hall–Kier alpha value is -4.38. The van der Waals surface area contributed by atoms with Crippen LogP contribution in [-0.2, 0) is 25.9 Å². The molecule has 2 atom stereocenters. The third-order valence-corrected chi connectivity index (χ3v) is 12.0. The molecule has 0 radical (unpaired) electrons. The summed E-state index contributed by atoms with van der Waals surface area (Å²) in [4.78, 5) is 5.13. The molecule has 6 nitrogen and oxygen atoms in total. The van der Waals surface area contributed by atoms with Crippen LogP contribution in [0.4, 0.5) is 0 Å². The molecule has 8 heteroatoms. The van der Waals surface area contributed by atoms with E-state index >= 15 is 0 Å². The fourth-order valence-electron chi connectivity index (χ4n) is 8.13. The van der Waals surface area contributed by atoms with E-state index < -0.39 is 7.12 Å². The third kappa shape index (κ3) is 14.4. The first-order valence-electron chi connectivity index (χ1n) is 21.4. The molecule has 2 fully saturated rings. The van der Waals surface area contributed by atoms with Gasteiger partial charge in [-0.05, 0) is 97.1 Å². The number of nitrogens with zero attached hydrogens (tertiary/aromatic N) is 2. The van der Waals surface area contributed by atoms with Gasteiger partial charge in [-0.1, -0.05) is 166 Å². The molecule has 2 aliphatic rings. The zero-order valence-corrected chi connectivity index (χ0v) is 37.4. The molecule has 0 aromatic heterocycles. The molecular formula is C52H62BBrN4O2. The van der Waals surface area contributed by atoms with E-state index in [0.717, 1.165) is 80.8 Å². The van der Waals surface area contributed by atoms with Crippen LogP contribution in [0, 0.1) is 27.7 Å². The number of benzene rings is 6. The first-order valence-corrected chi connectivity index (χ1v) is 22.2. The molecule has 0 bridgehead atoms. The van der Waals surface area contributed by atoms with Gasteiger partial charge in [0, 0.05) is 68.9 Å². The highest BCUT2D eigenvalue weighted by molar-refractivity contribution is 9.10. The molecule has 0 spiro atoms. The molecule has 312 valence electrons. The average Bonchev–Trinajstić information content (AvgIpc) is 3.25. The van der Waals surface area contributed by atoms with E-state index in [0.29, 0.717) is 17.5 Å². The van der Waals surface area contributed by atoms with Gasteiger partial charge < -0.3 is 20.7 Å². The summed E-state index contributed by atoms with van der Waals surface area (Å²) in [5.74, 6) is 0. The second kappa shape index (κ2) is 23.0. The number of piperazine rings is 2. The number of nitrogens with one attached hydrogen (secondary N) is 2. The molecule has 2 aliphatic heterocycles. The van der Waals surface area contributed by atoms with Crippen molar-refractivity contribution in [3.8, 4) is 11.1 Å². The maximum Gasteiger partial charge on any atom is 0.488 e. The maximum absolute atomic E-state index is 8.88. The van der Waals surface area contributed by atoms with Gasteiger partial charge in [0.25, 0.3) is 0 Å². The van der Waals surface area contributed by atoms with Crippen molar-refractivity contribution in [1.82, 2.24) is 20.4 Å². The lowest BCUT2D eigenvalue weighted by Crippen LogP contribution is -2.51. The normalized spacial score (nSPS) is 16.9. The first-order chi connectivity index (χ1) is 29.1. The van der Waals surface area contributed by atoms with Crippen LogP contribution in [0.3, 0.4) is 0 Å². The summed E-state index contributed by atoms with van der Waals surface area (Å²) in [5.41, 5.74) is 13.5. The van der Waals surface area contributed by atoms with Gasteiger partial charge in [0.1, 0.15) is 0 Å². The van der Waals surface area contributed by atoms with Gasteiger partial charge in [0.15, 0.2) is 0 Å². The van der Waals surface area contributed by atoms with Crippen LogP contribution >= 0.6 is 15.9 Å². The molecule has 2 saturated heterocycles. The second-order valence-corrected chi connectivity index (χ2v) is 17.4. The standard InChI is InChI=1S/C26H30N2.C18H21BrN2.C8H11BO2/c1-20-8-9-21(2)26(16-20)24-12-10-23(11-13-24)18-28-15-14-27-25(19-28)17-22-6-4-3-5-7-22;19-17-8-6-16(7-9-17)13-21-11-10-20-18(14-21)12-15-4-2-1-3-5-15;1-6-3-4-7(2)8(5-6)9(10)11/h3-13,16,25,27H,14-15,17-19H2,1-2H3;1-9,18,20H,10-14H2;3-5,10-11H,1-2H3/t25-;18-;/m11./s1. The van der Waals surface area contributed by atoms with Crippen molar-refractivity contribution in [3.63, 3.8) is 0 Å². The zero-order chi connectivity index (χ0) is 42.3. The molecule has 0 unspecified atom stereocenters. The van der Waals surface area contributed by atoms with Gasteiger partial charge in [0.05, 0.1) is 0 Å². The van der Waals surface area contributed by atoms with Gasteiger partial charge in [-0.3, -0.25) is 9.80 Å². The van der Waals surface area contributed by atoms with Gasteiger partial charge in [-0.25, -0.2) is 0 Å². The number of hydrogen-bond donors (Lipinski definition) is 4. The Morgan fingerprint density at radius 1 is 0.550 bits per heavy atom. The predicted molar refractivity (Wildman–Crippen MR) is 256 cm³/mol. The van der Waals surface area contributed by atoms with Crippen molar-refractivity contribution in [2.75, 3.05) is 39.3 Å². The number of rotatable bonds is 10. The third-order valence-electron chi connectivity index (χ3n) is 11.4. The van der Waals surface area contributed by atoms with Gasteiger partial charge in [0.2, 0.25) is 0 Å². The summed E-state index contributed by atoms with van der Waals surface area (Å²) in [6, 6.07) is 52.8. The molecule has 2 heterocycles. The van der Waals surface area contributed by atoms with Crippen LogP contribution in [0.25, 0.3) is 11.1 Å². The summed E-state index contributed by atoms with van der Waals surface area (Å²) < 4.78 is 1.15. The number of hydrogen-bond acceptors (Lipinski definition) is 6. The lowest BCUT2D eigenvalue weighted by atomic mass is 9.77. The molecule has 4 N–H and O–H groups in total. The summed E-state index contributed by atoms with van der Waals surface area (Å²) in [6.45, 7) is 16.8. The van der Waals surface area contributed by atoms with E-state index in [4.69, 9.17) is 10.0 Å². The van der Waals surface area contributed by atoms with Crippen LogP contribution in [0.5, 0.6) is 0 Å². The summed E-state index contributed by atoms with van der Waals surface area (Å²) in [6.07, 6.45) is 2.21. The van der Waals surface area contributed by atoms with Crippen LogP contribution in [0.1, 0.15) is 44.5 Å². The second-order valence-electron chi connectivity index (χ2n) is 16.5. The molecule has 8 rings (SSSR count). The van der Waals surface area contributed by atoms with E-state index in [1.54, 1.807) is 6.07 Å². The zero-order valence-electron chi connectivity index (χ0n) is 35.8. The topological polar surface area (TPSA) is 71.0 Å². The highest BCUT2D eigenvalue weighted by Gasteiger charge is 2.21. The van der Waals surface area contributed by atoms with E-state index in [2.05, 4.69) is 178 Å². The van der Waals surface area contributed by atoms with E-state index in [9.17, 15) is 0 Å². The summed E-state index contributed by atoms with van der Waals surface area (Å²) in [5, 5.41) is 25.1. The molecule has 60 heavy (non-hydrogen) atoms. The van der Waals surface area contributed by atoms with Crippen molar-refractivity contribution in [2.45, 2.75) is 65.7 Å². The summed E-state index contributed by atoms with van der Waals surface area (Å²) >= 11 is 3.49. The van der Waals surface area contributed by atoms with Crippen molar-refractivity contribution >= 4 is 28.5 Å². The SMILES string of the molecule is Brc1ccc(CN2CCN[C@H](Cc3ccccc3)C2)cc1.Cc1ccc(C)c(-c2ccc(CN3CCN[C@H](Cc4ccccc4)C3)cc2)c1.Cc1ccc(C)c(B(O)O)c1. The van der Waals surface area contributed by atoms with Crippen LogP contribution in [-0.4, -0.2) is 78.3 Å². The lowest BCUT2D eigenvalue weighted by Gasteiger charge is -2.34. The Morgan fingerprint density at radius 2 is 1.02 bits per heavy atom. The van der Waals surface area contributed by atoms with E-state index in [1.165, 1.54) is 44.5 Å². The van der Waals surface area contributed by atoms with Crippen molar-refractivity contribution < 1.29 is 10.0 Å². The van der Waals surface area contributed by atoms with Gasteiger partial charge >= 0.3 is 7.12 Å². The number of aryl methyl sites for hydroxylation is 4. The van der Waals surface area contributed by atoms with Crippen LogP contribution < -0.4 is 16.1 Å². The van der Waals surface area contributed by atoms with Crippen LogP contribution in [0.2, 0.25) is 0 Å². The monoisotopic (exact) mass is 864 g/mol. The van der Waals surface area contributed by atoms with E-state index in [-0.39, 0.29) is 0 Å². The molecular weight excluding hydrogens is 803 g/mol. The quantitative estimate of drug-likeness (QED) is 0.104. The van der Waals surface area contributed by atoms with E-state index in [1.807, 2.05) is 26.0 Å². The molecule has 6 aromatic carbocycles. The van der Waals surface area contributed by atoms with Crippen molar-refractivity contribution in [1.29, 1.82) is 0 Å². The Kier molecular flexibility index (Phi) is 17.3. The fraction of sp³-hybridized carbons (Fsp3) is 0.308. The molecule has 0 aliphatic carbocycles. The Morgan fingerprint density at radius 3 is 1.50 bits per heavy atom. The largest absolute Gasteiger partial charge is 0.488 e. The highest BCUT2D eigenvalue weighted by atomic mass is 79.9. The Bertz CT molecular complexity index is 2190. The predicted octanol–water partition coefficient (Wildman–Crippen LogP) is 8.44. The maximum atomic E-state index is 8.88. The molecule has 0 saturated carbocycles. The van der Waals surface area contributed by atoms with Crippen LogP contribution in [0.15, 0.2) is 150 Å². The molecule has 6 aromatic rings. The smallest absolute Gasteiger partial charge is 0.423 e. The Balaban J connectivity index is 0.000000166. The fourth-order valence-corrected chi connectivity index (χ4v) is 8.39. The average molecular weight is 866 g/mol. The number of halogens is 1. The lowest BCUT2D eigenvalue weighted by molar-refractivity contribution is 0.192. The molecule has 0 amide bonds. The Labute approximate surface area is 368 Å². The van der Waals surface area contributed by atoms with Crippen molar-refractivity contribution in [3.05, 3.63) is 195 Å². The van der Waals surface area contributed by atoms with Gasteiger partial charge in [-0.2, -0.15) is 0 Å².